The molecule has 2 amide bonds. The summed E-state index contributed by atoms with van der Waals surface area (Å²) in [6, 6.07) is 11.6. The van der Waals surface area contributed by atoms with Crippen LogP contribution in [0, 0.1) is 12.8 Å². The van der Waals surface area contributed by atoms with E-state index in [1.54, 1.807) is 42.5 Å². The average molecular weight is 429 g/mol. The Bertz CT molecular complexity index is 1000. The average Bonchev–Trinajstić information content (AvgIpc) is 3.10. The van der Waals surface area contributed by atoms with Gasteiger partial charge in [0.1, 0.15) is 0 Å². The molecule has 1 fully saturated rings. The number of rotatable bonds is 6. The SMILES string of the molecule is CC(=O)c1ccc(NC(=O)COC(=O)[C@H]2CC(=O)N(c3cccc(Cl)c3C)C2)cc1. The number of nitrogens with one attached hydrogen (secondary N) is 1. The Balaban J connectivity index is 1.53. The van der Waals surface area contributed by atoms with Crippen molar-refractivity contribution < 1.29 is 23.9 Å². The number of carbonyl (C=O) groups is 4. The zero-order chi connectivity index (χ0) is 21.8. The summed E-state index contributed by atoms with van der Waals surface area (Å²) in [4.78, 5) is 49.6. The Hall–Kier alpha value is -3.19. The Morgan fingerprint density at radius 3 is 2.53 bits per heavy atom. The van der Waals surface area contributed by atoms with Gasteiger partial charge in [-0.05, 0) is 55.8 Å². The number of ketones is 1. The quantitative estimate of drug-likeness (QED) is 0.562. The van der Waals surface area contributed by atoms with Crippen LogP contribution in [0.3, 0.4) is 0 Å². The van der Waals surface area contributed by atoms with E-state index in [0.717, 1.165) is 5.56 Å². The van der Waals surface area contributed by atoms with Crippen molar-refractivity contribution in [2.45, 2.75) is 20.3 Å². The molecule has 156 valence electrons. The molecule has 0 spiro atoms. The van der Waals surface area contributed by atoms with Gasteiger partial charge in [0.25, 0.3) is 5.91 Å². The number of esters is 1. The van der Waals surface area contributed by atoms with Gasteiger partial charge in [0.05, 0.1) is 5.92 Å². The van der Waals surface area contributed by atoms with Gasteiger partial charge in [-0.2, -0.15) is 0 Å². The molecule has 0 aliphatic carbocycles. The third-order valence-electron chi connectivity index (χ3n) is 4.91. The summed E-state index contributed by atoms with van der Waals surface area (Å²) in [6.07, 6.45) is 0.0128. The standard InChI is InChI=1S/C22H21ClN2O5/c1-13-18(23)4-3-5-19(13)25-11-16(10-21(25)28)22(29)30-12-20(27)24-17-8-6-15(7-9-17)14(2)26/h3-9,16H,10-12H2,1-2H3,(H,24,27)/t16-/m0/s1. The molecular weight excluding hydrogens is 408 g/mol. The number of hydrogen-bond donors (Lipinski definition) is 1. The lowest BCUT2D eigenvalue weighted by Gasteiger charge is -2.19. The molecule has 1 atom stereocenters. The molecule has 1 saturated heterocycles. The predicted molar refractivity (Wildman–Crippen MR) is 113 cm³/mol. The Labute approximate surface area is 179 Å². The molecule has 1 aliphatic rings. The fourth-order valence-corrected chi connectivity index (χ4v) is 3.40. The molecule has 0 bridgehead atoms. The highest BCUT2D eigenvalue weighted by atomic mass is 35.5. The number of hydrogen-bond acceptors (Lipinski definition) is 5. The molecule has 0 radical (unpaired) electrons. The maximum absolute atomic E-state index is 12.4. The first kappa shape index (κ1) is 21.5. The van der Waals surface area contributed by atoms with Crippen molar-refractivity contribution in [3.8, 4) is 0 Å². The molecule has 2 aromatic rings. The van der Waals surface area contributed by atoms with E-state index >= 15 is 0 Å². The minimum absolute atomic E-state index is 0.0128. The Morgan fingerprint density at radius 2 is 1.87 bits per heavy atom. The van der Waals surface area contributed by atoms with Crippen LogP contribution < -0.4 is 10.2 Å². The van der Waals surface area contributed by atoms with E-state index in [0.29, 0.717) is 22.0 Å². The number of ether oxygens (including phenoxy) is 1. The number of amides is 2. The summed E-state index contributed by atoms with van der Waals surface area (Å²) < 4.78 is 5.10. The van der Waals surface area contributed by atoms with Gasteiger partial charge in [0, 0.05) is 34.9 Å². The highest BCUT2D eigenvalue weighted by Gasteiger charge is 2.37. The highest BCUT2D eigenvalue weighted by Crippen LogP contribution is 2.31. The third kappa shape index (κ3) is 4.86. The van der Waals surface area contributed by atoms with Crippen LogP contribution in [0.5, 0.6) is 0 Å². The summed E-state index contributed by atoms with van der Waals surface area (Å²) >= 11 is 6.12. The summed E-state index contributed by atoms with van der Waals surface area (Å²) in [6.45, 7) is 2.97. The van der Waals surface area contributed by atoms with Gasteiger partial charge < -0.3 is 15.0 Å². The van der Waals surface area contributed by atoms with Gasteiger partial charge in [-0.1, -0.05) is 17.7 Å². The van der Waals surface area contributed by atoms with E-state index < -0.39 is 24.4 Å². The molecule has 7 nitrogen and oxygen atoms in total. The molecule has 3 rings (SSSR count). The van der Waals surface area contributed by atoms with Gasteiger partial charge in [0.2, 0.25) is 5.91 Å². The maximum Gasteiger partial charge on any atom is 0.311 e. The van der Waals surface area contributed by atoms with Gasteiger partial charge in [0.15, 0.2) is 12.4 Å². The van der Waals surface area contributed by atoms with Crippen molar-refractivity contribution in [3.05, 3.63) is 58.6 Å². The topological polar surface area (TPSA) is 92.8 Å². The molecule has 0 unspecified atom stereocenters. The molecular formula is C22H21ClN2O5. The van der Waals surface area contributed by atoms with Gasteiger partial charge >= 0.3 is 5.97 Å². The van der Waals surface area contributed by atoms with Crippen LogP contribution in [0.4, 0.5) is 11.4 Å². The van der Waals surface area contributed by atoms with E-state index in [-0.39, 0.29) is 24.7 Å². The van der Waals surface area contributed by atoms with Crippen LogP contribution in [0.2, 0.25) is 5.02 Å². The van der Waals surface area contributed by atoms with Crippen LogP contribution in [0.1, 0.15) is 29.3 Å². The van der Waals surface area contributed by atoms with E-state index in [4.69, 9.17) is 16.3 Å². The molecule has 2 aromatic carbocycles. The first-order valence-electron chi connectivity index (χ1n) is 9.39. The smallest absolute Gasteiger partial charge is 0.311 e. The second kappa shape index (κ2) is 9.09. The molecule has 30 heavy (non-hydrogen) atoms. The van der Waals surface area contributed by atoms with Gasteiger partial charge in [-0.25, -0.2) is 0 Å². The molecule has 0 saturated carbocycles. The fourth-order valence-electron chi connectivity index (χ4n) is 3.23. The van der Waals surface area contributed by atoms with Crippen LogP contribution in [-0.2, 0) is 19.1 Å². The maximum atomic E-state index is 12.4. The number of halogens is 1. The van der Waals surface area contributed by atoms with Crippen molar-refractivity contribution in [2.75, 3.05) is 23.4 Å². The number of Topliss-reactive ketones (excluding diaryl/α,β-unsaturated/α-hetero) is 1. The Morgan fingerprint density at radius 1 is 1.17 bits per heavy atom. The lowest BCUT2D eigenvalue weighted by Crippen LogP contribution is -2.28. The zero-order valence-electron chi connectivity index (χ0n) is 16.6. The van der Waals surface area contributed by atoms with Crippen LogP contribution in [-0.4, -0.2) is 36.7 Å². The minimum Gasteiger partial charge on any atom is -0.455 e. The highest BCUT2D eigenvalue weighted by molar-refractivity contribution is 6.31. The van der Waals surface area contributed by atoms with Crippen LogP contribution in [0.25, 0.3) is 0 Å². The van der Waals surface area contributed by atoms with Crippen molar-refractivity contribution in [1.29, 1.82) is 0 Å². The Kier molecular flexibility index (Phi) is 6.52. The first-order chi connectivity index (χ1) is 14.3. The van der Waals surface area contributed by atoms with Crippen molar-refractivity contribution in [2.24, 2.45) is 5.92 Å². The van der Waals surface area contributed by atoms with Gasteiger partial charge in [-0.15, -0.1) is 0 Å². The number of nitrogens with zero attached hydrogens (tertiary/aromatic N) is 1. The van der Waals surface area contributed by atoms with Crippen LogP contribution >= 0.6 is 11.6 Å². The molecule has 1 N–H and O–H groups in total. The minimum atomic E-state index is -0.654. The number of anilines is 2. The lowest BCUT2D eigenvalue weighted by molar-refractivity contribution is -0.151. The van der Waals surface area contributed by atoms with Crippen molar-refractivity contribution in [3.63, 3.8) is 0 Å². The molecule has 1 aliphatic heterocycles. The predicted octanol–water partition coefficient (Wildman–Crippen LogP) is 3.39. The van der Waals surface area contributed by atoms with E-state index in [1.165, 1.54) is 11.8 Å². The molecule has 1 heterocycles. The largest absolute Gasteiger partial charge is 0.455 e. The first-order valence-corrected chi connectivity index (χ1v) is 9.77. The third-order valence-corrected chi connectivity index (χ3v) is 5.32. The van der Waals surface area contributed by atoms with E-state index in [1.807, 2.05) is 6.92 Å². The molecule has 0 aromatic heterocycles. The summed E-state index contributed by atoms with van der Waals surface area (Å²) in [5.74, 6) is -2.04. The fraction of sp³-hybridized carbons (Fsp3) is 0.273. The van der Waals surface area contributed by atoms with Gasteiger partial charge in [-0.3, -0.25) is 19.2 Å². The monoisotopic (exact) mass is 428 g/mol. The van der Waals surface area contributed by atoms with E-state index in [9.17, 15) is 19.2 Å². The second-order valence-electron chi connectivity index (χ2n) is 7.08. The zero-order valence-corrected chi connectivity index (χ0v) is 17.4. The molecule has 8 heteroatoms. The summed E-state index contributed by atoms with van der Waals surface area (Å²) in [7, 11) is 0. The summed E-state index contributed by atoms with van der Waals surface area (Å²) in [5, 5.41) is 3.13. The van der Waals surface area contributed by atoms with E-state index in [2.05, 4.69) is 5.32 Å². The lowest BCUT2D eigenvalue weighted by atomic mass is 10.1. The van der Waals surface area contributed by atoms with Crippen molar-refractivity contribution >= 4 is 46.5 Å². The second-order valence-corrected chi connectivity index (χ2v) is 7.49. The normalized spacial score (nSPS) is 15.8. The number of carbonyl (C=O) groups excluding carboxylic acids is 4. The van der Waals surface area contributed by atoms with Crippen molar-refractivity contribution in [1.82, 2.24) is 0 Å². The number of benzene rings is 2. The van der Waals surface area contributed by atoms with Crippen LogP contribution in [0.15, 0.2) is 42.5 Å². The summed E-state index contributed by atoms with van der Waals surface area (Å²) in [5.41, 5.74) is 2.44.